The van der Waals surface area contributed by atoms with Gasteiger partial charge in [0.25, 0.3) is 5.91 Å². The van der Waals surface area contributed by atoms with Crippen LogP contribution in [-0.4, -0.2) is 68.2 Å². The first-order chi connectivity index (χ1) is 16.4. The lowest BCUT2D eigenvalue weighted by Crippen LogP contribution is -2.42. The highest BCUT2D eigenvalue weighted by atomic mass is 19.4. The Morgan fingerprint density at radius 2 is 2.12 bits per heavy atom. The van der Waals surface area contributed by atoms with Crippen molar-refractivity contribution in [3.8, 4) is 5.75 Å². The van der Waals surface area contributed by atoms with Crippen LogP contribution in [0.5, 0.6) is 5.75 Å². The summed E-state index contributed by atoms with van der Waals surface area (Å²) in [5.41, 5.74) is 0.0794. The smallest absolute Gasteiger partial charge is 0.437 e. The fourth-order valence-corrected chi connectivity index (χ4v) is 3.88. The van der Waals surface area contributed by atoms with Gasteiger partial charge in [0.1, 0.15) is 11.4 Å². The Morgan fingerprint density at radius 3 is 2.91 bits per heavy atom. The summed E-state index contributed by atoms with van der Waals surface area (Å²) in [6.45, 7) is 4.46. The van der Waals surface area contributed by atoms with Crippen LogP contribution in [0.25, 0.3) is 11.3 Å². The summed E-state index contributed by atoms with van der Waals surface area (Å²) in [7, 11) is 0. The highest BCUT2D eigenvalue weighted by Gasteiger charge is 2.36. The highest BCUT2D eigenvalue weighted by molar-refractivity contribution is 5.93. The number of rotatable bonds is 8. The molecular weight excluding hydrogens is 453 g/mol. The van der Waals surface area contributed by atoms with Crippen LogP contribution in [-0.2, 0) is 17.5 Å². The molecule has 12 heteroatoms. The largest absolute Gasteiger partial charge is 0.491 e. The maximum Gasteiger partial charge on any atom is 0.437 e. The number of pyridine rings is 1. The quantitative estimate of drug-likeness (QED) is 0.459. The van der Waals surface area contributed by atoms with Gasteiger partial charge in [-0.2, -0.15) is 13.2 Å². The van der Waals surface area contributed by atoms with Gasteiger partial charge < -0.3 is 18.9 Å². The van der Waals surface area contributed by atoms with E-state index in [-0.39, 0.29) is 29.9 Å². The molecule has 0 radical (unpaired) electrons. The number of carbonyl (C=O) groups excluding carboxylic acids is 1. The number of nitrogens with zero attached hydrogens (tertiary/aromatic N) is 6. The van der Waals surface area contributed by atoms with E-state index in [1.54, 1.807) is 15.8 Å². The first-order valence-electron chi connectivity index (χ1n) is 11.1. The van der Waals surface area contributed by atoms with Crippen molar-refractivity contribution in [3.63, 3.8) is 0 Å². The van der Waals surface area contributed by atoms with Crippen molar-refractivity contribution in [2.45, 2.75) is 32.5 Å². The molecule has 1 aliphatic rings. The second-order valence-corrected chi connectivity index (χ2v) is 7.96. The summed E-state index contributed by atoms with van der Waals surface area (Å²) in [6, 6.07) is 2.65. The first kappa shape index (κ1) is 23.9. The summed E-state index contributed by atoms with van der Waals surface area (Å²) >= 11 is 0. The number of halogens is 3. The topological polar surface area (TPSA) is 95.3 Å². The van der Waals surface area contributed by atoms with Gasteiger partial charge >= 0.3 is 6.18 Å². The van der Waals surface area contributed by atoms with Gasteiger partial charge in [-0.25, -0.2) is 19.9 Å². The number of hydrogen-bond donors (Lipinski definition) is 0. The number of ether oxygens (including phenoxy) is 2. The first-order valence-corrected chi connectivity index (χ1v) is 11.1. The number of amides is 1. The molecule has 9 nitrogen and oxygen atoms in total. The number of piperidine rings is 1. The third kappa shape index (κ3) is 5.44. The van der Waals surface area contributed by atoms with Crippen molar-refractivity contribution in [1.82, 2.24) is 29.4 Å². The minimum atomic E-state index is -4.60. The zero-order valence-electron chi connectivity index (χ0n) is 18.7. The van der Waals surface area contributed by atoms with Crippen LogP contribution in [0.3, 0.4) is 0 Å². The molecule has 0 aliphatic carbocycles. The zero-order valence-corrected chi connectivity index (χ0v) is 18.7. The molecule has 4 rings (SSSR count). The molecule has 0 aromatic carbocycles. The van der Waals surface area contributed by atoms with E-state index in [1.807, 2.05) is 6.92 Å². The number of aromatic nitrogens is 5. The molecule has 3 aromatic heterocycles. The minimum absolute atomic E-state index is 0.0491. The van der Waals surface area contributed by atoms with Crippen LogP contribution >= 0.6 is 0 Å². The van der Waals surface area contributed by atoms with Gasteiger partial charge in [-0.3, -0.25) is 4.79 Å². The number of likely N-dealkylation sites (tertiary alicyclic amines) is 1. The Morgan fingerprint density at radius 1 is 1.26 bits per heavy atom. The Hall–Kier alpha value is -3.28. The van der Waals surface area contributed by atoms with Crippen LogP contribution in [0.4, 0.5) is 13.2 Å². The molecule has 3 aromatic rings. The van der Waals surface area contributed by atoms with E-state index >= 15 is 0 Å². The second-order valence-electron chi connectivity index (χ2n) is 7.96. The number of alkyl halides is 3. The standard InChI is InChI=1S/C22H25F3N6O3/c1-2-33-10-9-31-14-28-19-20(31)29-16(11-27-19)21(32)30-8-4-5-15(12-30)13-34-17-6-3-7-26-18(17)22(23,24)25/h3,6-7,11,14-15H,2,4-5,8-10,12-13H2,1H3. The van der Waals surface area contributed by atoms with E-state index in [0.717, 1.165) is 12.6 Å². The average Bonchev–Trinajstić information content (AvgIpc) is 3.24. The molecule has 1 amide bonds. The van der Waals surface area contributed by atoms with Crippen LogP contribution in [0.15, 0.2) is 30.9 Å². The van der Waals surface area contributed by atoms with E-state index < -0.39 is 11.9 Å². The van der Waals surface area contributed by atoms with Crippen molar-refractivity contribution < 1.29 is 27.4 Å². The summed E-state index contributed by atoms with van der Waals surface area (Å²) in [4.78, 5) is 31.1. The van der Waals surface area contributed by atoms with E-state index in [9.17, 15) is 18.0 Å². The number of hydrogen-bond acceptors (Lipinski definition) is 7. The summed E-state index contributed by atoms with van der Waals surface area (Å²) in [5.74, 6) is -0.712. The van der Waals surface area contributed by atoms with Crippen LogP contribution in [0.2, 0.25) is 0 Å². The molecule has 0 saturated carbocycles. The molecule has 0 spiro atoms. The SMILES string of the molecule is CCOCCn1cnc2ncc(C(=O)N3CCCC(COc4cccnc4C(F)(F)F)C3)nc21. The molecular formula is C22H25F3N6O3. The molecule has 34 heavy (non-hydrogen) atoms. The molecule has 1 aliphatic heterocycles. The van der Waals surface area contributed by atoms with Gasteiger partial charge in [-0.1, -0.05) is 0 Å². The monoisotopic (exact) mass is 478 g/mol. The third-order valence-electron chi connectivity index (χ3n) is 5.55. The Kier molecular flexibility index (Phi) is 7.25. The van der Waals surface area contributed by atoms with Crippen LogP contribution in [0.1, 0.15) is 35.9 Å². The summed E-state index contributed by atoms with van der Waals surface area (Å²) in [5, 5.41) is 0. The molecule has 1 saturated heterocycles. The molecule has 182 valence electrons. The molecule has 4 heterocycles. The molecule has 1 fully saturated rings. The number of carbonyl (C=O) groups is 1. The fraction of sp³-hybridized carbons (Fsp3) is 0.500. The minimum Gasteiger partial charge on any atom is -0.491 e. The fourth-order valence-electron chi connectivity index (χ4n) is 3.88. The van der Waals surface area contributed by atoms with Gasteiger partial charge in [0.15, 0.2) is 17.0 Å². The number of fused-ring (bicyclic) bond motifs is 1. The van der Waals surface area contributed by atoms with Gasteiger partial charge in [0.2, 0.25) is 0 Å². The molecule has 1 atom stereocenters. The predicted octanol–water partition coefficient (Wildman–Crippen LogP) is 3.21. The highest BCUT2D eigenvalue weighted by Crippen LogP contribution is 2.34. The van der Waals surface area contributed by atoms with Gasteiger partial charge in [-0.15, -0.1) is 0 Å². The summed E-state index contributed by atoms with van der Waals surface area (Å²) < 4.78 is 52.1. The number of imidazole rings is 1. The third-order valence-corrected chi connectivity index (χ3v) is 5.55. The van der Waals surface area contributed by atoms with Crippen LogP contribution < -0.4 is 4.74 Å². The van der Waals surface area contributed by atoms with Crippen molar-refractivity contribution in [2.75, 3.05) is 32.9 Å². The van der Waals surface area contributed by atoms with Gasteiger partial charge in [0.05, 0.1) is 25.7 Å². The van der Waals surface area contributed by atoms with E-state index in [2.05, 4.69) is 19.9 Å². The second kappa shape index (κ2) is 10.3. The lowest BCUT2D eigenvalue weighted by Gasteiger charge is -2.32. The van der Waals surface area contributed by atoms with E-state index in [1.165, 1.54) is 18.3 Å². The average molecular weight is 478 g/mol. The Balaban J connectivity index is 1.42. The molecule has 0 bridgehead atoms. The molecule has 0 N–H and O–H groups in total. The lowest BCUT2D eigenvalue weighted by molar-refractivity contribution is -0.142. The zero-order chi connectivity index (χ0) is 24.1. The van der Waals surface area contributed by atoms with Crippen molar-refractivity contribution >= 4 is 17.2 Å². The lowest BCUT2D eigenvalue weighted by atomic mass is 9.98. The molecule has 1 unspecified atom stereocenters. The van der Waals surface area contributed by atoms with Crippen molar-refractivity contribution in [3.05, 3.63) is 42.2 Å². The van der Waals surface area contributed by atoms with E-state index in [4.69, 9.17) is 9.47 Å². The maximum atomic E-state index is 13.2. The van der Waals surface area contributed by atoms with Gasteiger partial charge in [0, 0.05) is 38.4 Å². The maximum absolute atomic E-state index is 13.2. The van der Waals surface area contributed by atoms with Crippen molar-refractivity contribution in [2.24, 2.45) is 5.92 Å². The Bertz CT molecular complexity index is 1140. The van der Waals surface area contributed by atoms with Crippen LogP contribution in [0, 0.1) is 5.92 Å². The van der Waals surface area contributed by atoms with E-state index in [0.29, 0.717) is 50.6 Å². The summed E-state index contributed by atoms with van der Waals surface area (Å²) in [6.07, 6.45) is 0.936. The van der Waals surface area contributed by atoms with Gasteiger partial charge in [-0.05, 0) is 31.9 Å². The van der Waals surface area contributed by atoms with Crippen molar-refractivity contribution in [1.29, 1.82) is 0 Å². The Labute approximate surface area is 193 Å². The predicted molar refractivity (Wildman–Crippen MR) is 115 cm³/mol. The normalized spacial score (nSPS) is 16.7.